The van der Waals surface area contributed by atoms with Gasteiger partial charge in [0.1, 0.15) is 10.0 Å². The van der Waals surface area contributed by atoms with E-state index >= 15 is 0 Å². The number of sulfonamides is 1. The second kappa shape index (κ2) is 11.0. The number of hydrogen-bond acceptors (Lipinski definition) is 6. The molecule has 2 aromatic carbocycles. The Balaban J connectivity index is 1.28. The Kier molecular flexibility index (Phi) is 7.76. The van der Waals surface area contributed by atoms with E-state index in [0.29, 0.717) is 12.5 Å². The molecule has 1 saturated heterocycles. The van der Waals surface area contributed by atoms with Crippen molar-refractivity contribution in [2.75, 3.05) is 24.3 Å². The highest BCUT2D eigenvalue weighted by Gasteiger charge is 2.38. The van der Waals surface area contributed by atoms with Crippen molar-refractivity contribution in [2.45, 2.75) is 63.1 Å². The van der Waals surface area contributed by atoms with Crippen molar-refractivity contribution in [2.24, 2.45) is 0 Å². The minimum Gasteiger partial charge on any atom is -0.376 e. The molecule has 2 fully saturated rings. The van der Waals surface area contributed by atoms with Crippen molar-refractivity contribution >= 4 is 26.4 Å². The summed E-state index contributed by atoms with van der Waals surface area (Å²) in [6.07, 6.45) is 6.53. The van der Waals surface area contributed by atoms with Gasteiger partial charge in [-0.05, 0) is 50.5 Å². The zero-order chi connectivity index (χ0) is 25.1. The van der Waals surface area contributed by atoms with E-state index in [1.54, 1.807) is 11.3 Å². The van der Waals surface area contributed by atoms with Crippen LogP contribution in [0, 0.1) is 6.92 Å². The number of hydrogen-bond donors (Lipinski definition) is 1. The first-order valence-electron chi connectivity index (χ1n) is 12.8. The van der Waals surface area contributed by atoms with Crippen LogP contribution >= 0.6 is 11.3 Å². The van der Waals surface area contributed by atoms with Crippen LogP contribution < -0.4 is 9.62 Å². The lowest BCUT2D eigenvalue weighted by Crippen LogP contribution is -2.48. The van der Waals surface area contributed by atoms with E-state index in [2.05, 4.69) is 52.1 Å². The van der Waals surface area contributed by atoms with Gasteiger partial charge in [0.15, 0.2) is 0 Å². The van der Waals surface area contributed by atoms with Crippen LogP contribution in [-0.2, 0) is 14.8 Å². The predicted molar refractivity (Wildman–Crippen MR) is 147 cm³/mol. The van der Waals surface area contributed by atoms with Gasteiger partial charge in [0, 0.05) is 18.2 Å². The Morgan fingerprint density at radius 3 is 2.33 bits per heavy atom. The number of ether oxygens (including phenoxy) is 1. The normalized spacial score (nSPS) is 24.8. The van der Waals surface area contributed by atoms with Crippen LogP contribution in [0.15, 0.2) is 60.7 Å². The van der Waals surface area contributed by atoms with Crippen molar-refractivity contribution in [3.63, 3.8) is 0 Å². The molecule has 0 bridgehead atoms. The molecule has 2 atom stereocenters. The van der Waals surface area contributed by atoms with Crippen LogP contribution in [0.3, 0.4) is 0 Å². The fraction of sp³-hybridized carbons (Fsp3) is 0.464. The molecule has 1 N–H and O–H groups in total. The van der Waals surface area contributed by atoms with Crippen molar-refractivity contribution in [1.29, 1.82) is 0 Å². The Morgan fingerprint density at radius 2 is 1.67 bits per heavy atom. The van der Waals surface area contributed by atoms with Gasteiger partial charge in [-0.1, -0.05) is 72.0 Å². The van der Waals surface area contributed by atoms with Crippen molar-refractivity contribution < 1.29 is 13.2 Å². The Hall–Kier alpha value is -2.26. The average molecular weight is 526 g/mol. The molecule has 1 aliphatic carbocycles. The second-order valence-electron chi connectivity index (χ2n) is 10.0. The van der Waals surface area contributed by atoms with Crippen molar-refractivity contribution in [3.05, 3.63) is 71.9 Å². The van der Waals surface area contributed by atoms with Gasteiger partial charge in [0.25, 0.3) is 0 Å². The maximum absolute atomic E-state index is 12.1. The third kappa shape index (κ3) is 5.99. The summed E-state index contributed by atoms with van der Waals surface area (Å²) in [4.78, 5) is 7.16. The van der Waals surface area contributed by atoms with E-state index in [0.717, 1.165) is 59.9 Å². The molecule has 0 spiro atoms. The first kappa shape index (κ1) is 25.4. The van der Waals surface area contributed by atoms with Gasteiger partial charge in [-0.3, -0.25) is 0 Å². The third-order valence-corrected chi connectivity index (χ3v) is 9.39. The summed E-state index contributed by atoms with van der Waals surface area (Å²) in [5, 5.41) is 2.09. The Labute approximate surface area is 218 Å². The SMILES string of the molecule is Cc1nc(-c2ccccc2)sc1N1CC[C@H](NS(C)(=O)=O)[C@@H]1COC1CCC(c2ccccc2)CC1. The van der Waals surface area contributed by atoms with E-state index in [-0.39, 0.29) is 18.2 Å². The zero-order valence-corrected chi connectivity index (χ0v) is 22.6. The summed E-state index contributed by atoms with van der Waals surface area (Å²) in [5.74, 6) is 0.602. The van der Waals surface area contributed by atoms with Gasteiger partial charge in [0.2, 0.25) is 10.0 Å². The minimum atomic E-state index is -3.32. The van der Waals surface area contributed by atoms with Crippen LogP contribution in [-0.4, -0.2) is 51.0 Å². The van der Waals surface area contributed by atoms with Gasteiger partial charge >= 0.3 is 0 Å². The number of rotatable bonds is 8. The predicted octanol–water partition coefficient (Wildman–Crippen LogP) is 5.36. The summed E-state index contributed by atoms with van der Waals surface area (Å²) in [6.45, 7) is 3.32. The summed E-state index contributed by atoms with van der Waals surface area (Å²) in [7, 11) is -3.32. The van der Waals surface area contributed by atoms with Crippen LogP contribution in [0.2, 0.25) is 0 Å². The molecule has 1 aliphatic heterocycles. The van der Waals surface area contributed by atoms with Gasteiger partial charge in [-0.15, -0.1) is 0 Å². The maximum Gasteiger partial charge on any atom is 0.209 e. The first-order chi connectivity index (χ1) is 17.4. The maximum atomic E-state index is 12.1. The number of thiazole rings is 1. The largest absolute Gasteiger partial charge is 0.376 e. The first-order valence-corrected chi connectivity index (χ1v) is 15.5. The van der Waals surface area contributed by atoms with E-state index in [1.165, 1.54) is 11.8 Å². The summed E-state index contributed by atoms with van der Waals surface area (Å²) in [5.41, 5.74) is 3.50. The van der Waals surface area contributed by atoms with Crippen molar-refractivity contribution in [1.82, 2.24) is 9.71 Å². The zero-order valence-electron chi connectivity index (χ0n) is 21.0. The number of aromatic nitrogens is 1. The molecule has 1 saturated carbocycles. The van der Waals surface area contributed by atoms with E-state index < -0.39 is 10.0 Å². The number of nitrogens with zero attached hydrogens (tertiary/aromatic N) is 2. The van der Waals surface area contributed by atoms with Crippen LogP contribution in [0.4, 0.5) is 5.00 Å². The summed E-state index contributed by atoms with van der Waals surface area (Å²) < 4.78 is 33.6. The average Bonchev–Trinajstić information content (AvgIpc) is 3.45. The second-order valence-corrected chi connectivity index (χ2v) is 12.8. The Bertz CT molecular complexity index is 1240. The van der Waals surface area contributed by atoms with Gasteiger partial charge in [-0.2, -0.15) is 0 Å². The molecule has 5 rings (SSSR count). The number of benzene rings is 2. The van der Waals surface area contributed by atoms with Crippen LogP contribution in [0.25, 0.3) is 10.6 Å². The molecule has 2 aliphatic rings. The molecule has 3 aromatic rings. The molecule has 192 valence electrons. The molecular formula is C28H35N3O3S2. The molecule has 0 amide bonds. The molecule has 1 aromatic heterocycles. The molecule has 0 radical (unpaired) electrons. The summed E-state index contributed by atoms with van der Waals surface area (Å²) in [6, 6.07) is 20.7. The highest BCUT2D eigenvalue weighted by Crippen LogP contribution is 2.39. The summed E-state index contributed by atoms with van der Waals surface area (Å²) >= 11 is 1.68. The van der Waals surface area contributed by atoms with Gasteiger partial charge in [-0.25, -0.2) is 18.1 Å². The van der Waals surface area contributed by atoms with Crippen molar-refractivity contribution in [3.8, 4) is 10.6 Å². The molecule has 0 unspecified atom stereocenters. The number of nitrogens with one attached hydrogen (secondary N) is 1. The standard InChI is InChI=1S/C28H35N3O3S2/c1-20-28(35-27(29-20)23-11-7-4-8-12-23)31-18-17-25(30-36(2,32)33)26(31)19-34-24-15-13-22(14-16-24)21-9-5-3-6-10-21/h3-12,22,24-26,30H,13-19H2,1-2H3/t22?,24?,25-,26-/m0/s1. The lowest BCUT2D eigenvalue weighted by Gasteiger charge is -2.33. The minimum absolute atomic E-state index is 0.0608. The van der Waals surface area contributed by atoms with Gasteiger partial charge < -0.3 is 9.64 Å². The van der Waals surface area contributed by atoms with Crippen LogP contribution in [0.5, 0.6) is 0 Å². The van der Waals surface area contributed by atoms with E-state index in [4.69, 9.17) is 9.72 Å². The van der Waals surface area contributed by atoms with E-state index in [1.807, 2.05) is 25.1 Å². The molecular weight excluding hydrogens is 490 g/mol. The van der Waals surface area contributed by atoms with Gasteiger partial charge in [0.05, 0.1) is 30.7 Å². The highest BCUT2D eigenvalue weighted by atomic mass is 32.2. The fourth-order valence-corrected chi connectivity index (χ4v) is 7.59. The Morgan fingerprint density at radius 1 is 1.00 bits per heavy atom. The fourth-order valence-electron chi connectivity index (χ4n) is 5.61. The quantitative estimate of drug-likeness (QED) is 0.429. The monoisotopic (exact) mass is 525 g/mol. The molecule has 36 heavy (non-hydrogen) atoms. The molecule has 2 heterocycles. The topological polar surface area (TPSA) is 71.5 Å². The van der Waals surface area contributed by atoms with Crippen LogP contribution in [0.1, 0.15) is 49.3 Å². The number of aryl methyl sites for hydroxylation is 1. The molecule has 6 nitrogen and oxygen atoms in total. The number of anilines is 1. The lowest BCUT2D eigenvalue weighted by atomic mass is 9.83. The van der Waals surface area contributed by atoms with E-state index in [9.17, 15) is 8.42 Å². The molecule has 8 heteroatoms. The lowest BCUT2D eigenvalue weighted by molar-refractivity contribution is 0.0157. The smallest absolute Gasteiger partial charge is 0.209 e. The third-order valence-electron chi connectivity index (χ3n) is 7.41. The highest BCUT2D eigenvalue weighted by molar-refractivity contribution is 7.88.